The van der Waals surface area contributed by atoms with Gasteiger partial charge in [0, 0.05) is 6.42 Å². The van der Waals surface area contributed by atoms with Gasteiger partial charge in [-0.1, -0.05) is 20.8 Å². The lowest BCUT2D eigenvalue weighted by Gasteiger charge is -2.62. The minimum atomic E-state index is -1.02. The quantitative estimate of drug-likeness (QED) is 0.496. The van der Waals surface area contributed by atoms with Crippen LogP contribution in [0.4, 0.5) is 0 Å². The van der Waals surface area contributed by atoms with Gasteiger partial charge >= 0.3 is 5.97 Å². The second-order valence-corrected chi connectivity index (χ2v) is 12.1. The number of fused-ring (bicyclic) bond motifs is 5. The average Bonchev–Trinajstić information content (AvgIpc) is 3.10. The van der Waals surface area contributed by atoms with E-state index in [2.05, 4.69) is 26.1 Å². The lowest BCUT2D eigenvalue weighted by atomic mass is 9.43. The van der Waals surface area contributed by atoms with Crippen LogP contribution in [-0.2, 0) is 9.59 Å². The average molecular weight is 450 g/mol. The van der Waals surface area contributed by atoms with Crippen LogP contribution in [0, 0.1) is 46.3 Å². The van der Waals surface area contributed by atoms with E-state index in [1.807, 2.05) is 0 Å². The van der Waals surface area contributed by atoms with Crippen molar-refractivity contribution in [3.8, 4) is 0 Å². The molecule has 0 heterocycles. The van der Waals surface area contributed by atoms with Crippen LogP contribution in [0.1, 0.15) is 85.0 Å². The molecule has 4 rings (SSSR count). The Bertz CT molecular complexity index is 727. The largest absolute Gasteiger partial charge is 0.480 e. The molecule has 4 aliphatic carbocycles. The summed E-state index contributed by atoms with van der Waals surface area (Å²) in [5.74, 6) is 1.84. The van der Waals surface area contributed by atoms with E-state index in [4.69, 9.17) is 5.11 Å². The smallest absolute Gasteiger partial charge is 0.322 e. The Morgan fingerprint density at radius 3 is 2.50 bits per heavy atom. The van der Waals surface area contributed by atoms with Gasteiger partial charge < -0.3 is 20.6 Å². The van der Waals surface area contributed by atoms with Gasteiger partial charge in [0.1, 0.15) is 6.54 Å². The number of hydrogen-bond acceptors (Lipinski definition) is 4. The van der Waals surface area contributed by atoms with Crippen LogP contribution in [-0.4, -0.2) is 45.9 Å². The van der Waals surface area contributed by atoms with Gasteiger partial charge in [-0.05, 0) is 104 Å². The molecule has 1 amide bonds. The molecule has 0 aromatic heterocycles. The molecular weight excluding hydrogens is 406 g/mol. The van der Waals surface area contributed by atoms with Crippen molar-refractivity contribution in [3.05, 3.63) is 0 Å². The number of carbonyl (C=O) groups is 2. The van der Waals surface area contributed by atoms with Gasteiger partial charge in [-0.2, -0.15) is 0 Å². The Labute approximate surface area is 192 Å². The SMILES string of the molecule is C[C@H](CCC(=O)NCC(=O)O)[C@H]1CC[C@H]2C3CC[C@@H]4C[C@@H](O)CC[C@]4(C)[C@H]3C[C@@H](O)[C@]12C. The van der Waals surface area contributed by atoms with Crippen molar-refractivity contribution >= 4 is 11.9 Å². The molecule has 0 aliphatic heterocycles. The van der Waals surface area contributed by atoms with Crippen LogP contribution in [0.2, 0.25) is 0 Å². The predicted octanol–water partition coefficient (Wildman–Crippen LogP) is 3.59. The number of amides is 1. The fraction of sp³-hybridized carbons (Fsp3) is 0.923. The highest BCUT2D eigenvalue weighted by Gasteiger charge is 2.63. The monoisotopic (exact) mass is 449 g/mol. The fourth-order valence-corrected chi connectivity index (χ4v) is 8.98. The number of aliphatic hydroxyl groups excluding tert-OH is 2. The highest BCUT2D eigenvalue weighted by atomic mass is 16.4. The molecule has 0 aromatic rings. The van der Waals surface area contributed by atoms with Crippen molar-refractivity contribution in [2.24, 2.45) is 46.3 Å². The molecule has 6 heteroatoms. The number of rotatable bonds is 6. The van der Waals surface area contributed by atoms with Crippen molar-refractivity contribution in [1.82, 2.24) is 5.32 Å². The molecule has 4 N–H and O–H groups in total. The molecule has 0 saturated heterocycles. The van der Waals surface area contributed by atoms with Crippen molar-refractivity contribution in [3.63, 3.8) is 0 Å². The van der Waals surface area contributed by atoms with Crippen LogP contribution >= 0.6 is 0 Å². The van der Waals surface area contributed by atoms with Gasteiger partial charge in [0.05, 0.1) is 12.2 Å². The van der Waals surface area contributed by atoms with Crippen molar-refractivity contribution in [2.45, 2.75) is 97.2 Å². The zero-order valence-electron chi connectivity index (χ0n) is 20.1. The summed E-state index contributed by atoms with van der Waals surface area (Å²) in [4.78, 5) is 22.7. The number of carboxylic acid groups (broad SMARTS) is 1. The van der Waals surface area contributed by atoms with E-state index in [1.54, 1.807) is 0 Å². The van der Waals surface area contributed by atoms with Gasteiger partial charge in [-0.15, -0.1) is 0 Å². The Hall–Kier alpha value is -1.14. The highest BCUT2D eigenvalue weighted by Crippen LogP contribution is 2.68. The highest BCUT2D eigenvalue weighted by molar-refractivity contribution is 5.81. The Morgan fingerprint density at radius 1 is 1.03 bits per heavy atom. The number of nitrogens with one attached hydrogen (secondary N) is 1. The maximum absolute atomic E-state index is 12.0. The third-order valence-corrected chi connectivity index (χ3v) is 10.8. The Balaban J connectivity index is 1.45. The standard InChI is InChI=1S/C26H43NO5/c1-15(4-9-23(30)27-14-24(31)32)19-7-8-20-18-6-5-16-12-17(28)10-11-25(16,2)21(18)13-22(29)26(19,20)3/h15-22,28-29H,4-14H2,1-3H3,(H,27,30)(H,31,32)/t15-,16-,17+,18?,19-,20+,21+,22-,25+,26-/m1/s1. The molecule has 0 aromatic carbocycles. The van der Waals surface area contributed by atoms with Crippen molar-refractivity contribution < 1.29 is 24.9 Å². The Kier molecular flexibility index (Phi) is 6.68. The van der Waals surface area contributed by atoms with E-state index < -0.39 is 5.97 Å². The van der Waals surface area contributed by atoms with Crippen LogP contribution in [0.25, 0.3) is 0 Å². The molecule has 10 atom stereocenters. The molecule has 0 spiro atoms. The third kappa shape index (κ3) is 4.00. The van der Waals surface area contributed by atoms with Crippen LogP contribution in [0.3, 0.4) is 0 Å². The molecule has 4 saturated carbocycles. The van der Waals surface area contributed by atoms with Crippen LogP contribution in [0.5, 0.6) is 0 Å². The minimum Gasteiger partial charge on any atom is -0.480 e. The first kappa shape index (κ1) is 24.0. The third-order valence-electron chi connectivity index (χ3n) is 10.8. The number of aliphatic hydroxyl groups is 2. The van der Waals surface area contributed by atoms with Gasteiger partial charge in [0.2, 0.25) is 5.91 Å². The molecule has 4 aliphatic rings. The molecule has 4 fully saturated rings. The number of aliphatic carboxylic acids is 1. The number of carbonyl (C=O) groups excluding carboxylic acids is 1. The summed E-state index contributed by atoms with van der Waals surface area (Å²) in [5.41, 5.74) is 0.145. The molecule has 0 radical (unpaired) electrons. The molecular formula is C26H43NO5. The van der Waals surface area contributed by atoms with E-state index in [0.717, 1.165) is 44.9 Å². The topological polar surface area (TPSA) is 107 Å². The molecule has 32 heavy (non-hydrogen) atoms. The maximum atomic E-state index is 12.0. The number of hydrogen-bond donors (Lipinski definition) is 4. The summed E-state index contributed by atoms with van der Waals surface area (Å²) < 4.78 is 0. The number of carboxylic acids is 1. The summed E-state index contributed by atoms with van der Waals surface area (Å²) >= 11 is 0. The zero-order valence-corrected chi connectivity index (χ0v) is 20.1. The van der Waals surface area contributed by atoms with Gasteiger partial charge in [-0.3, -0.25) is 9.59 Å². The first-order valence-corrected chi connectivity index (χ1v) is 12.9. The first-order valence-electron chi connectivity index (χ1n) is 12.9. The molecule has 6 nitrogen and oxygen atoms in total. The van der Waals surface area contributed by atoms with Gasteiger partial charge in [0.15, 0.2) is 0 Å². The summed E-state index contributed by atoms with van der Waals surface area (Å²) in [6, 6.07) is 0. The summed E-state index contributed by atoms with van der Waals surface area (Å²) in [7, 11) is 0. The van der Waals surface area contributed by atoms with Gasteiger partial charge in [0.25, 0.3) is 0 Å². The molecule has 0 bridgehead atoms. The van der Waals surface area contributed by atoms with E-state index in [-0.39, 0.29) is 35.5 Å². The summed E-state index contributed by atoms with van der Waals surface area (Å²) in [6.45, 7) is 6.65. The van der Waals surface area contributed by atoms with E-state index >= 15 is 0 Å². The Morgan fingerprint density at radius 2 is 1.78 bits per heavy atom. The maximum Gasteiger partial charge on any atom is 0.322 e. The lowest BCUT2D eigenvalue weighted by molar-refractivity contribution is -0.175. The molecule has 182 valence electrons. The van der Waals surface area contributed by atoms with Crippen molar-refractivity contribution in [2.75, 3.05) is 6.54 Å². The normalized spacial score (nSPS) is 46.5. The first-order chi connectivity index (χ1) is 15.1. The van der Waals surface area contributed by atoms with E-state index in [1.165, 1.54) is 12.8 Å². The van der Waals surface area contributed by atoms with Crippen molar-refractivity contribution in [1.29, 1.82) is 0 Å². The fourth-order valence-electron chi connectivity index (χ4n) is 8.98. The summed E-state index contributed by atoms with van der Waals surface area (Å²) in [6.07, 6.45) is 9.12. The molecule has 1 unspecified atom stereocenters. The minimum absolute atomic E-state index is 0.102. The van der Waals surface area contributed by atoms with Crippen LogP contribution < -0.4 is 5.32 Å². The van der Waals surface area contributed by atoms with Gasteiger partial charge in [-0.25, -0.2) is 0 Å². The second kappa shape index (κ2) is 8.90. The van der Waals surface area contributed by atoms with E-state index in [9.17, 15) is 19.8 Å². The van der Waals surface area contributed by atoms with Crippen LogP contribution in [0.15, 0.2) is 0 Å². The second-order valence-electron chi connectivity index (χ2n) is 12.1. The summed E-state index contributed by atoms with van der Waals surface area (Å²) in [5, 5.41) is 33.0. The predicted molar refractivity (Wildman–Crippen MR) is 122 cm³/mol. The van der Waals surface area contributed by atoms with E-state index in [0.29, 0.717) is 41.9 Å². The zero-order chi connectivity index (χ0) is 23.3. The lowest BCUT2D eigenvalue weighted by Crippen LogP contribution is -2.58.